The van der Waals surface area contributed by atoms with Crippen LogP contribution in [0.25, 0.3) is 0 Å². The van der Waals surface area contributed by atoms with Crippen molar-refractivity contribution in [3.05, 3.63) is 35.9 Å². The van der Waals surface area contributed by atoms with Crippen molar-refractivity contribution >= 4 is 5.78 Å². The van der Waals surface area contributed by atoms with E-state index >= 15 is 0 Å². The second kappa shape index (κ2) is 2.67. The van der Waals surface area contributed by atoms with E-state index in [-0.39, 0.29) is 5.78 Å². The van der Waals surface area contributed by atoms with E-state index in [0.717, 1.165) is 5.56 Å². The fourth-order valence-corrected chi connectivity index (χ4v) is 1.88. The Kier molecular flexibility index (Phi) is 1.80. The van der Waals surface area contributed by atoms with Crippen LogP contribution in [-0.4, -0.2) is 11.4 Å². The summed E-state index contributed by atoms with van der Waals surface area (Å²) in [5.41, 5.74) is 0.00625. The first-order valence-electron chi connectivity index (χ1n) is 4.77. The molecule has 14 heavy (non-hydrogen) atoms. The molecular formula is C12H14O2. The number of rotatable bonds is 2. The molecule has 74 valence electrons. The summed E-state index contributed by atoms with van der Waals surface area (Å²) >= 11 is 0. The number of benzene rings is 1. The molecule has 0 saturated carbocycles. The van der Waals surface area contributed by atoms with Crippen LogP contribution >= 0.6 is 0 Å². The molecule has 0 bridgehead atoms. The summed E-state index contributed by atoms with van der Waals surface area (Å²) in [5, 5.41) is 0. The summed E-state index contributed by atoms with van der Waals surface area (Å²) in [7, 11) is 0. The lowest BCUT2D eigenvalue weighted by molar-refractivity contribution is -0.121. The second-order valence-electron chi connectivity index (χ2n) is 4.09. The summed E-state index contributed by atoms with van der Waals surface area (Å²) in [6.45, 7) is 5.39. The maximum atomic E-state index is 11.4. The number of carbonyl (C=O) groups is 1. The van der Waals surface area contributed by atoms with Crippen molar-refractivity contribution in [1.29, 1.82) is 0 Å². The van der Waals surface area contributed by atoms with Crippen molar-refractivity contribution < 1.29 is 9.53 Å². The van der Waals surface area contributed by atoms with Gasteiger partial charge in [0.2, 0.25) is 0 Å². The van der Waals surface area contributed by atoms with Gasteiger partial charge in [0.05, 0.1) is 0 Å². The second-order valence-corrected chi connectivity index (χ2v) is 4.09. The van der Waals surface area contributed by atoms with Crippen LogP contribution in [0.1, 0.15) is 26.3 Å². The van der Waals surface area contributed by atoms with Crippen molar-refractivity contribution in [2.75, 3.05) is 0 Å². The SMILES string of the molecule is CC(=O)C1(C)OC1(C)c1ccccc1. The first-order valence-corrected chi connectivity index (χ1v) is 4.77. The molecule has 1 saturated heterocycles. The maximum Gasteiger partial charge on any atom is 0.164 e. The Hall–Kier alpha value is -1.15. The number of hydrogen-bond donors (Lipinski definition) is 0. The van der Waals surface area contributed by atoms with Gasteiger partial charge in [0.25, 0.3) is 0 Å². The molecule has 0 radical (unpaired) electrons. The van der Waals surface area contributed by atoms with Gasteiger partial charge in [-0.05, 0) is 26.3 Å². The molecule has 2 rings (SSSR count). The highest BCUT2D eigenvalue weighted by atomic mass is 16.6. The van der Waals surface area contributed by atoms with Crippen molar-refractivity contribution in [1.82, 2.24) is 0 Å². The molecule has 0 aromatic heterocycles. The molecule has 0 spiro atoms. The van der Waals surface area contributed by atoms with E-state index in [1.807, 2.05) is 44.2 Å². The van der Waals surface area contributed by atoms with Crippen LogP contribution < -0.4 is 0 Å². The molecule has 1 aliphatic rings. The van der Waals surface area contributed by atoms with Gasteiger partial charge >= 0.3 is 0 Å². The molecule has 2 atom stereocenters. The van der Waals surface area contributed by atoms with Crippen LogP contribution in [0.2, 0.25) is 0 Å². The molecule has 1 aromatic carbocycles. The predicted octanol–water partition coefficient (Wildman–Crippen LogP) is 2.28. The van der Waals surface area contributed by atoms with E-state index < -0.39 is 11.2 Å². The smallest absolute Gasteiger partial charge is 0.164 e. The minimum atomic E-state index is -0.631. The largest absolute Gasteiger partial charge is 0.350 e. The Morgan fingerprint density at radius 1 is 1.21 bits per heavy atom. The highest BCUT2D eigenvalue weighted by Crippen LogP contribution is 2.55. The molecular weight excluding hydrogens is 176 g/mol. The minimum absolute atomic E-state index is 0.0869. The lowest BCUT2D eigenvalue weighted by atomic mass is 9.87. The average Bonchev–Trinajstić information content (AvgIpc) is 2.74. The summed E-state index contributed by atoms with van der Waals surface area (Å²) in [4.78, 5) is 11.4. The monoisotopic (exact) mass is 190 g/mol. The molecule has 2 unspecified atom stereocenters. The summed E-state index contributed by atoms with van der Waals surface area (Å²) in [5.74, 6) is 0.0869. The predicted molar refractivity (Wildman–Crippen MR) is 54.0 cm³/mol. The van der Waals surface area contributed by atoms with E-state index in [1.54, 1.807) is 6.92 Å². The lowest BCUT2D eigenvalue weighted by Crippen LogP contribution is -2.25. The molecule has 0 amide bonds. The van der Waals surface area contributed by atoms with E-state index in [1.165, 1.54) is 0 Å². The lowest BCUT2D eigenvalue weighted by Gasteiger charge is -2.09. The molecule has 2 heteroatoms. The van der Waals surface area contributed by atoms with Crippen molar-refractivity contribution in [2.45, 2.75) is 32.0 Å². The molecule has 0 N–H and O–H groups in total. The maximum absolute atomic E-state index is 11.4. The van der Waals surface area contributed by atoms with Crippen molar-refractivity contribution in [3.63, 3.8) is 0 Å². The molecule has 1 heterocycles. The van der Waals surface area contributed by atoms with E-state index in [9.17, 15) is 4.79 Å². The van der Waals surface area contributed by atoms with Crippen LogP contribution in [0.5, 0.6) is 0 Å². The molecule has 1 aromatic rings. The van der Waals surface area contributed by atoms with Crippen LogP contribution in [0.15, 0.2) is 30.3 Å². The number of Topliss-reactive ketones (excluding diaryl/α,β-unsaturated/α-hetero) is 1. The number of carbonyl (C=O) groups excluding carboxylic acids is 1. The Bertz CT molecular complexity index is 371. The van der Waals surface area contributed by atoms with Gasteiger partial charge in [0.15, 0.2) is 11.4 Å². The Labute approximate surface area is 83.9 Å². The first-order chi connectivity index (χ1) is 6.51. The molecule has 2 nitrogen and oxygen atoms in total. The Balaban J connectivity index is 2.36. The zero-order valence-corrected chi connectivity index (χ0v) is 8.70. The van der Waals surface area contributed by atoms with E-state index in [0.29, 0.717) is 0 Å². The zero-order valence-electron chi connectivity index (χ0n) is 8.70. The highest BCUT2D eigenvalue weighted by Gasteiger charge is 2.67. The first kappa shape index (κ1) is 9.41. The van der Waals surface area contributed by atoms with Gasteiger partial charge in [0.1, 0.15) is 5.60 Å². The summed E-state index contributed by atoms with van der Waals surface area (Å²) in [6, 6.07) is 9.87. The van der Waals surface area contributed by atoms with Crippen LogP contribution in [0, 0.1) is 0 Å². The fourth-order valence-electron chi connectivity index (χ4n) is 1.88. The highest BCUT2D eigenvalue weighted by molar-refractivity contribution is 5.89. The Morgan fingerprint density at radius 2 is 1.79 bits per heavy atom. The van der Waals surface area contributed by atoms with Gasteiger partial charge in [0, 0.05) is 0 Å². The average molecular weight is 190 g/mol. The van der Waals surface area contributed by atoms with Crippen molar-refractivity contribution in [3.8, 4) is 0 Å². The topological polar surface area (TPSA) is 29.6 Å². The van der Waals surface area contributed by atoms with Gasteiger partial charge in [-0.25, -0.2) is 0 Å². The number of ketones is 1. The standard InChI is InChI=1S/C12H14O2/c1-9(13)11(2)12(3,14-11)10-7-5-4-6-8-10/h4-8H,1-3H3. The van der Waals surface area contributed by atoms with Gasteiger partial charge in [-0.1, -0.05) is 30.3 Å². The Morgan fingerprint density at radius 3 is 2.21 bits per heavy atom. The van der Waals surface area contributed by atoms with Crippen molar-refractivity contribution in [2.24, 2.45) is 0 Å². The molecule has 1 fully saturated rings. The van der Waals surface area contributed by atoms with Gasteiger partial charge in [-0.3, -0.25) is 4.79 Å². The third kappa shape index (κ3) is 1.04. The third-order valence-corrected chi connectivity index (χ3v) is 3.27. The molecule has 1 aliphatic heterocycles. The third-order valence-electron chi connectivity index (χ3n) is 3.27. The van der Waals surface area contributed by atoms with Gasteiger partial charge in [-0.15, -0.1) is 0 Å². The fraction of sp³-hybridized carbons (Fsp3) is 0.417. The van der Waals surface area contributed by atoms with Gasteiger partial charge in [-0.2, -0.15) is 0 Å². The zero-order chi connectivity index (χ0) is 10.4. The number of epoxide rings is 1. The number of ether oxygens (including phenoxy) is 1. The normalized spacial score (nSPS) is 35.4. The van der Waals surface area contributed by atoms with Crippen LogP contribution in [-0.2, 0) is 15.1 Å². The minimum Gasteiger partial charge on any atom is -0.350 e. The van der Waals surface area contributed by atoms with Crippen LogP contribution in [0.4, 0.5) is 0 Å². The van der Waals surface area contributed by atoms with E-state index in [4.69, 9.17) is 4.74 Å². The summed E-state index contributed by atoms with van der Waals surface area (Å²) < 4.78 is 5.59. The summed E-state index contributed by atoms with van der Waals surface area (Å²) in [6.07, 6.45) is 0. The van der Waals surface area contributed by atoms with E-state index in [2.05, 4.69) is 0 Å². The number of hydrogen-bond acceptors (Lipinski definition) is 2. The van der Waals surface area contributed by atoms with Crippen LogP contribution in [0.3, 0.4) is 0 Å². The van der Waals surface area contributed by atoms with Gasteiger partial charge < -0.3 is 4.74 Å². The molecule has 0 aliphatic carbocycles. The quantitative estimate of drug-likeness (QED) is 0.669.